The lowest BCUT2D eigenvalue weighted by atomic mass is 9.57. The van der Waals surface area contributed by atoms with Gasteiger partial charge < -0.3 is 14.6 Å². The van der Waals surface area contributed by atoms with Crippen LogP contribution in [-0.2, 0) is 10.3 Å². The van der Waals surface area contributed by atoms with Crippen LogP contribution in [0.5, 0.6) is 0 Å². The number of esters is 1. The van der Waals surface area contributed by atoms with Gasteiger partial charge in [0.2, 0.25) is 0 Å². The molecule has 1 fully saturated rings. The fourth-order valence-corrected chi connectivity index (χ4v) is 5.59. The fourth-order valence-electron chi connectivity index (χ4n) is 5.42. The van der Waals surface area contributed by atoms with E-state index in [0.717, 1.165) is 22.0 Å². The number of benzene rings is 2. The summed E-state index contributed by atoms with van der Waals surface area (Å²) in [5.41, 5.74) is 3.80. The number of rotatable bonds is 1. The molecule has 1 aliphatic carbocycles. The van der Waals surface area contributed by atoms with Crippen LogP contribution >= 0.6 is 11.6 Å². The third-order valence-electron chi connectivity index (χ3n) is 6.65. The van der Waals surface area contributed by atoms with E-state index in [9.17, 15) is 9.59 Å². The highest BCUT2D eigenvalue weighted by Crippen LogP contribution is 2.63. The van der Waals surface area contributed by atoms with Gasteiger partial charge in [-0.2, -0.15) is 0 Å². The van der Waals surface area contributed by atoms with E-state index in [4.69, 9.17) is 16.3 Å². The summed E-state index contributed by atoms with van der Waals surface area (Å²) in [5.74, 6) is -0.181. The van der Waals surface area contributed by atoms with Crippen LogP contribution in [-0.4, -0.2) is 34.8 Å². The minimum absolute atomic E-state index is 0.01000. The van der Waals surface area contributed by atoms with Crippen molar-refractivity contribution in [3.63, 3.8) is 0 Å². The van der Waals surface area contributed by atoms with Gasteiger partial charge in [0.15, 0.2) is 5.60 Å². The van der Waals surface area contributed by atoms with Crippen molar-refractivity contribution >= 4 is 34.4 Å². The molecule has 0 radical (unpaired) electrons. The zero-order chi connectivity index (χ0) is 19.2. The summed E-state index contributed by atoms with van der Waals surface area (Å²) >= 11 is 6.06. The van der Waals surface area contributed by atoms with Gasteiger partial charge in [0, 0.05) is 52.6 Å². The summed E-state index contributed by atoms with van der Waals surface area (Å²) in [4.78, 5) is 30.7. The minimum Gasteiger partial charge on any atom is -0.449 e. The molecule has 1 spiro atoms. The first kappa shape index (κ1) is 16.2. The number of piperidine rings is 1. The Labute approximate surface area is 166 Å². The number of ether oxygens (including phenoxy) is 1. The number of carbonyl (C=O) groups is 2. The van der Waals surface area contributed by atoms with Crippen LogP contribution in [0.15, 0.2) is 42.6 Å². The molecule has 28 heavy (non-hydrogen) atoms. The molecule has 6 rings (SSSR count). The lowest BCUT2D eigenvalue weighted by Gasteiger charge is -2.55. The van der Waals surface area contributed by atoms with Gasteiger partial charge in [0.1, 0.15) is 0 Å². The number of halogens is 1. The average molecular weight is 393 g/mol. The maximum atomic E-state index is 13.3. The number of nitrogens with zero attached hydrogens (tertiary/aromatic N) is 1. The Balaban J connectivity index is 1.38. The predicted molar refractivity (Wildman–Crippen MR) is 105 cm³/mol. The molecular weight excluding hydrogens is 376 g/mol. The second-order valence-electron chi connectivity index (χ2n) is 8.01. The van der Waals surface area contributed by atoms with Crippen molar-refractivity contribution in [3.05, 3.63) is 69.9 Å². The van der Waals surface area contributed by atoms with Gasteiger partial charge in [-0.1, -0.05) is 36.7 Å². The second-order valence-corrected chi connectivity index (χ2v) is 8.44. The van der Waals surface area contributed by atoms with E-state index in [2.05, 4.69) is 18.0 Å². The summed E-state index contributed by atoms with van der Waals surface area (Å²) in [6.07, 6.45) is 1.75. The van der Waals surface area contributed by atoms with Gasteiger partial charge in [-0.15, -0.1) is 0 Å². The molecule has 3 aromatic rings. The van der Waals surface area contributed by atoms with Crippen molar-refractivity contribution in [3.8, 4) is 0 Å². The lowest BCUT2D eigenvalue weighted by molar-refractivity contribution is -0.105. The van der Waals surface area contributed by atoms with Crippen molar-refractivity contribution in [1.82, 2.24) is 9.88 Å². The van der Waals surface area contributed by atoms with E-state index in [1.807, 2.05) is 29.2 Å². The van der Waals surface area contributed by atoms with Gasteiger partial charge in [0.05, 0.1) is 11.1 Å². The number of fused-ring (bicyclic) bond motifs is 2. The Morgan fingerprint density at radius 1 is 1.29 bits per heavy atom. The molecule has 2 aliphatic heterocycles. The first-order chi connectivity index (χ1) is 13.5. The molecular formula is C22H17ClN2O3. The molecule has 1 saturated heterocycles. The van der Waals surface area contributed by atoms with E-state index in [-0.39, 0.29) is 23.7 Å². The molecule has 0 saturated carbocycles. The SMILES string of the molecule is C[C@@H]1CN(C(=O)c2c[nH]c3cc(Cl)ccc23)C[C@@H]2c3cccc4c3[C@]12OC4=O. The Bertz CT molecular complexity index is 1200. The van der Waals surface area contributed by atoms with Crippen LogP contribution < -0.4 is 0 Å². The number of H-pyrrole nitrogens is 1. The molecule has 1 aromatic heterocycles. The number of hydrogen-bond acceptors (Lipinski definition) is 3. The molecule has 140 valence electrons. The van der Waals surface area contributed by atoms with Gasteiger partial charge in [0.25, 0.3) is 5.91 Å². The molecule has 5 nitrogen and oxygen atoms in total. The number of likely N-dealkylation sites (tertiary alicyclic amines) is 1. The van der Waals surface area contributed by atoms with E-state index in [1.54, 1.807) is 12.3 Å². The van der Waals surface area contributed by atoms with E-state index >= 15 is 0 Å². The first-order valence-corrected chi connectivity index (χ1v) is 9.81. The van der Waals surface area contributed by atoms with Gasteiger partial charge in [-0.3, -0.25) is 4.79 Å². The number of nitrogens with one attached hydrogen (secondary N) is 1. The molecule has 0 bridgehead atoms. The highest BCUT2D eigenvalue weighted by atomic mass is 35.5. The topological polar surface area (TPSA) is 62.4 Å². The minimum atomic E-state index is -0.562. The van der Waals surface area contributed by atoms with Gasteiger partial charge in [-0.05, 0) is 23.8 Å². The molecule has 3 atom stereocenters. The third-order valence-corrected chi connectivity index (χ3v) is 6.89. The first-order valence-electron chi connectivity index (χ1n) is 9.43. The zero-order valence-electron chi connectivity index (χ0n) is 15.2. The van der Waals surface area contributed by atoms with Crippen LogP contribution in [0.25, 0.3) is 10.9 Å². The van der Waals surface area contributed by atoms with E-state index < -0.39 is 5.60 Å². The van der Waals surface area contributed by atoms with Crippen LogP contribution in [0.2, 0.25) is 5.02 Å². The number of carbonyl (C=O) groups excluding carboxylic acids is 2. The fraction of sp³-hybridized carbons (Fsp3) is 0.273. The number of aromatic nitrogens is 1. The molecule has 0 unspecified atom stereocenters. The highest BCUT2D eigenvalue weighted by molar-refractivity contribution is 6.31. The summed E-state index contributed by atoms with van der Waals surface area (Å²) in [7, 11) is 0. The normalized spacial score (nSPS) is 27.2. The van der Waals surface area contributed by atoms with Gasteiger partial charge in [-0.25, -0.2) is 4.79 Å². The molecule has 2 aromatic carbocycles. The van der Waals surface area contributed by atoms with Crippen LogP contribution in [0.1, 0.15) is 44.7 Å². The summed E-state index contributed by atoms with van der Waals surface area (Å²) in [5, 5.41) is 1.50. The smallest absolute Gasteiger partial charge is 0.339 e. The maximum Gasteiger partial charge on any atom is 0.339 e. The van der Waals surface area contributed by atoms with Crippen molar-refractivity contribution in [2.24, 2.45) is 5.92 Å². The molecule has 6 heteroatoms. The van der Waals surface area contributed by atoms with Gasteiger partial charge >= 0.3 is 5.97 Å². The molecule has 3 heterocycles. The largest absolute Gasteiger partial charge is 0.449 e. The molecule has 1 amide bonds. The summed E-state index contributed by atoms with van der Waals surface area (Å²) in [6.45, 7) is 3.17. The number of aromatic amines is 1. The second kappa shape index (κ2) is 5.17. The maximum absolute atomic E-state index is 13.3. The van der Waals surface area contributed by atoms with Crippen LogP contribution in [0.3, 0.4) is 0 Å². The van der Waals surface area contributed by atoms with Crippen molar-refractivity contribution in [2.75, 3.05) is 13.1 Å². The Kier molecular flexibility index (Phi) is 2.99. The van der Waals surface area contributed by atoms with Crippen molar-refractivity contribution in [2.45, 2.75) is 18.4 Å². The third kappa shape index (κ3) is 1.78. The monoisotopic (exact) mass is 392 g/mol. The quantitative estimate of drug-likeness (QED) is 0.635. The Morgan fingerprint density at radius 2 is 2.14 bits per heavy atom. The highest BCUT2D eigenvalue weighted by Gasteiger charge is 2.66. The lowest BCUT2D eigenvalue weighted by Crippen LogP contribution is -2.60. The van der Waals surface area contributed by atoms with Crippen molar-refractivity contribution in [1.29, 1.82) is 0 Å². The van der Waals surface area contributed by atoms with E-state index in [0.29, 0.717) is 29.2 Å². The molecule has 1 N–H and O–H groups in total. The molecule has 3 aliphatic rings. The standard InChI is InChI=1S/C22H17ClN2O3/c1-11-9-25(20(26)16-8-24-18-7-12(23)5-6-13(16)18)10-17-14-3-2-4-15-19(14)22(11,17)28-21(15)27/h2-8,11,17,24H,9-10H2,1H3/t11-,17-,22+/m1/s1. The van der Waals surface area contributed by atoms with Crippen LogP contribution in [0.4, 0.5) is 0 Å². The summed E-state index contributed by atoms with van der Waals surface area (Å²) in [6, 6.07) is 11.3. The predicted octanol–water partition coefficient (Wildman–Crippen LogP) is 4.08. The Morgan fingerprint density at radius 3 is 3.00 bits per heavy atom. The van der Waals surface area contributed by atoms with Crippen molar-refractivity contribution < 1.29 is 14.3 Å². The Hall–Kier alpha value is -2.79. The number of amides is 1. The van der Waals surface area contributed by atoms with Crippen LogP contribution in [0, 0.1) is 5.92 Å². The number of hydrogen-bond donors (Lipinski definition) is 1. The average Bonchev–Trinajstić information content (AvgIpc) is 3.21. The van der Waals surface area contributed by atoms with E-state index in [1.165, 1.54) is 0 Å². The zero-order valence-corrected chi connectivity index (χ0v) is 15.9. The summed E-state index contributed by atoms with van der Waals surface area (Å²) < 4.78 is 5.92.